The van der Waals surface area contributed by atoms with Gasteiger partial charge in [-0.15, -0.1) is 0 Å². The van der Waals surface area contributed by atoms with Crippen molar-refractivity contribution in [3.63, 3.8) is 0 Å². The Labute approximate surface area is 242 Å². The Morgan fingerprint density at radius 3 is 2.73 bits per heavy atom. The molecular formula is C33H41N5O3. The number of hydrogen-bond donors (Lipinski definition) is 1. The van der Waals surface area contributed by atoms with Gasteiger partial charge in [-0.1, -0.05) is 37.8 Å². The molecule has 6 rings (SSSR count). The van der Waals surface area contributed by atoms with Crippen molar-refractivity contribution in [3.8, 4) is 11.8 Å². The number of piperazine rings is 1. The zero-order valence-corrected chi connectivity index (χ0v) is 24.4. The van der Waals surface area contributed by atoms with Gasteiger partial charge in [-0.3, -0.25) is 4.79 Å². The van der Waals surface area contributed by atoms with Crippen LogP contribution in [0, 0.1) is 5.92 Å². The van der Waals surface area contributed by atoms with Gasteiger partial charge in [-0.25, -0.2) is 0 Å². The first-order valence-corrected chi connectivity index (χ1v) is 14.9. The summed E-state index contributed by atoms with van der Waals surface area (Å²) in [6.45, 7) is 11.7. The second-order valence-electron chi connectivity index (χ2n) is 12.1. The van der Waals surface area contributed by atoms with Crippen molar-refractivity contribution < 1.29 is 14.6 Å². The molecule has 216 valence electrons. The number of nitrogens with zero attached hydrogens (tertiary/aromatic N) is 5. The van der Waals surface area contributed by atoms with Crippen molar-refractivity contribution in [2.45, 2.75) is 57.5 Å². The average Bonchev–Trinajstić information content (AvgIpc) is 3.39. The Balaban J connectivity index is 1.36. The number of fused-ring (bicyclic) bond motifs is 2. The third-order valence-electron chi connectivity index (χ3n) is 9.42. The Morgan fingerprint density at radius 2 is 1.98 bits per heavy atom. The van der Waals surface area contributed by atoms with Crippen LogP contribution < -0.4 is 9.64 Å². The zero-order valence-electron chi connectivity index (χ0n) is 24.4. The molecule has 2 saturated heterocycles. The minimum Gasteiger partial charge on any atom is -0.508 e. The predicted molar refractivity (Wildman–Crippen MR) is 162 cm³/mol. The topological polar surface area (TPSA) is 82.0 Å². The van der Waals surface area contributed by atoms with Crippen molar-refractivity contribution >= 4 is 22.5 Å². The maximum atomic E-state index is 12.3. The Kier molecular flexibility index (Phi) is 7.60. The van der Waals surface area contributed by atoms with Crippen molar-refractivity contribution in [2.75, 3.05) is 44.7 Å². The van der Waals surface area contributed by atoms with E-state index >= 15 is 0 Å². The molecule has 3 aromatic rings. The van der Waals surface area contributed by atoms with Gasteiger partial charge in [-0.2, -0.15) is 9.97 Å². The lowest BCUT2D eigenvalue weighted by Crippen LogP contribution is -2.54. The number of likely N-dealkylation sites (tertiary alicyclic amines) is 1. The largest absolute Gasteiger partial charge is 0.508 e. The summed E-state index contributed by atoms with van der Waals surface area (Å²) >= 11 is 0. The molecule has 41 heavy (non-hydrogen) atoms. The summed E-state index contributed by atoms with van der Waals surface area (Å²) < 4.78 is 6.32. The number of rotatable bonds is 6. The molecule has 1 aromatic heterocycles. The number of carbonyl (C=O) groups excluding carboxylic acids is 1. The number of likely N-dealkylation sites (N-methyl/N-ethyl adjacent to an activating group) is 1. The molecule has 2 aliphatic heterocycles. The number of aromatic hydroxyl groups is 1. The second kappa shape index (κ2) is 11.3. The summed E-state index contributed by atoms with van der Waals surface area (Å²) in [6, 6.07) is 13.0. The van der Waals surface area contributed by atoms with Crippen LogP contribution in [0.3, 0.4) is 0 Å². The Bertz CT molecular complexity index is 1460. The number of benzene rings is 2. The fourth-order valence-electron chi connectivity index (χ4n) is 7.06. The number of aromatic nitrogens is 2. The van der Waals surface area contributed by atoms with E-state index in [2.05, 4.69) is 55.5 Å². The van der Waals surface area contributed by atoms with Crippen molar-refractivity contribution in [3.05, 3.63) is 65.9 Å². The number of phenolic OH excluding ortho intramolecular Hbond substituents is 1. The van der Waals surface area contributed by atoms with Crippen LogP contribution in [0.2, 0.25) is 0 Å². The van der Waals surface area contributed by atoms with E-state index < -0.39 is 0 Å². The van der Waals surface area contributed by atoms with E-state index in [1.807, 2.05) is 23.1 Å². The van der Waals surface area contributed by atoms with Gasteiger partial charge < -0.3 is 24.5 Å². The van der Waals surface area contributed by atoms with E-state index in [0.29, 0.717) is 50.0 Å². The maximum absolute atomic E-state index is 12.3. The molecule has 2 fully saturated rings. The quantitative estimate of drug-likeness (QED) is 0.447. The van der Waals surface area contributed by atoms with E-state index in [1.165, 1.54) is 29.0 Å². The molecular weight excluding hydrogens is 514 g/mol. The minimum absolute atomic E-state index is 0.0271. The summed E-state index contributed by atoms with van der Waals surface area (Å²) in [4.78, 5) is 28.9. The molecule has 3 heterocycles. The van der Waals surface area contributed by atoms with Crippen LogP contribution in [-0.2, 0) is 17.6 Å². The number of ether oxygens (including phenoxy) is 1. The monoisotopic (exact) mass is 555 g/mol. The van der Waals surface area contributed by atoms with Crippen LogP contribution in [0.4, 0.5) is 5.82 Å². The molecule has 2 aromatic carbocycles. The second-order valence-corrected chi connectivity index (χ2v) is 12.1. The summed E-state index contributed by atoms with van der Waals surface area (Å²) in [6.07, 6.45) is 5.29. The molecule has 1 aliphatic carbocycles. The molecule has 1 N–H and O–H groups in total. The molecule has 1 amide bonds. The highest BCUT2D eigenvalue weighted by Gasteiger charge is 2.36. The fraction of sp³-hybridized carbons (Fsp3) is 0.485. The van der Waals surface area contributed by atoms with Crippen LogP contribution in [0.15, 0.2) is 49.1 Å². The normalized spacial score (nSPS) is 24.9. The number of amides is 1. The third-order valence-corrected chi connectivity index (χ3v) is 9.42. The standard InChI is InChI=1S/C33H41N5O3/c1-5-31(40)37-13-14-38(22(3)19-37)32-29-15-21(2)27(28-17-25(39)16-23-9-6-7-11-26(23)28)18-30(29)34-33(35-32)41-20-24-10-8-12-36(24)4/h5-7,9,11,16-17,21-22,24,27,39H,1,8,10,12-15,18-20H2,2-4H3. The zero-order chi connectivity index (χ0) is 28.7. The summed E-state index contributed by atoms with van der Waals surface area (Å²) in [5, 5.41) is 12.8. The Hall–Kier alpha value is -3.65. The van der Waals surface area contributed by atoms with E-state index in [4.69, 9.17) is 14.7 Å². The van der Waals surface area contributed by atoms with Crippen molar-refractivity contribution in [2.24, 2.45) is 5.92 Å². The van der Waals surface area contributed by atoms with Gasteiger partial charge in [0.05, 0.1) is 5.69 Å². The number of hydrogen-bond acceptors (Lipinski definition) is 7. The van der Waals surface area contributed by atoms with Crippen LogP contribution in [0.1, 0.15) is 49.4 Å². The lowest BCUT2D eigenvalue weighted by atomic mass is 9.74. The van der Waals surface area contributed by atoms with Gasteiger partial charge in [-0.05, 0) is 92.6 Å². The molecule has 3 aliphatic rings. The minimum atomic E-state index is -0.0271. The SMILES string of the molecule is C=CC(=O)N1CCN(c2nc(OCC3CCCN3C)nc3c2CC(C)C(c2cc(O)cc4ccccc24)C3)C(C)C1. The van der Waals surface area contributed by atoms with Gasteiger partial charge in [0.15, 0.2) is 0 Å². The molecule has 0 radical (unpaired) electrons. The number of anilines is 1. The van der Waals surface area contributed by atoms with Crippen LogP contribution in [0.5, 0.6) is 11.8 Å². The first-order valence-electron chi connectivity index (χ1n) is 14.9. The summed E-state index contributed by atoms with van der Waals surface area (Å²) in [7, 11) is 2.15. The van der Waals surface area contributed by atoms with E-state index in [1.54, 1.807) is 0 Å². The number of carbonyl (C=O) groups is 1. The van der Waals surface area contributed by atoms with E-state index in [-0.39, 0.29) is 17.9 Å². The fourth-order valence-corrected chi connectivity index (χ4v) is 7.06. The first-order chi connectivity index (χ1) is 19.8. The van der Waals surface area contributed by atoms with Gasteiger partial charge in [0.2, 0.25) is 5.91 Å². The van der Waals surface area contributed by atoms with Crippen molar-refractivity contribution in [1.29, 1.82) is 0 Å². The van der Waals surface area contributed by atoms with Crippen LogP contribution in [0.25, 0.3) is 10.8 Å². The van der Waals surface area contributed by atoms with Gasteiger partial charge in [0.1, 0.15) is 18.2 Å². The highest BCUT2D eigenvalue weighted by Crippen LogP contribution is 2.43. The smallest absolute Gasteiger partial charge is 0.318 e. The first kappa shape index (κ1) is 27.5. The number of phenols is 1. The molecule has 0 saturated carbocycles. The molecule has 8 heteroatoms. The van der Waals surface area contributed by atoms with E-state index in [9.17, 15) is 9.90 Å². The highest BCUT2D eigenvalue weighted by molar-refractivity contribution is 5.88. The highest BCUT2D eigenvalue weighted by atomic mass is 16.5. The maximum Gasteiger partial charge on any atom is 0.318 e. The summed E-state index contributed by atoms with van der Waals surface area (Å²) in [5.41, 5.74) is 3.37. The average molecular weight is 556 g/mol. The lowest BCUT2D eigenvalue weighted by molar-refractivity contribution is -0.126. The Morgan fingerprint density at radius 1 is 1.15 bits per heavy atom. The molecule has 4 unspecified atom stereocenters. The molecule has 4 atom stereocenters. The van der Waals surface area contributed by atoms with Gasteiger partial charge in [0, 0.05) is 37.3 Å². The third kappa shape index (κ3) is 5.37. The van der Waals surface area contributed by atoms with Gasteiger partial charge in [0.25, 0.3) is 0 Å². The molecule has 8 nitrogen and oxygen atoms in total. The molecule has 0 spiro atoms. The van der Waals surface area contributed by atoms with Gasteiger partial charge >= 0.3 is 6.01 Å². The molecule has 0 bridgehead atoms. The van der Waals surface area contributed by atoms with Crippen molar-refractivity contribution in [1.82, 2.24) is 19.8 Å². The lowest BCUT2D eigenvalue weighted by Gasteiger charge is -2.42. The summed E-state index contributed by atoms with van der Waals surface area (Å²) in [5.74, 6) is 1.74. The van der Waals surface area contributed by atoms with Crippen LogP contribution >= 0.6 is 0 Å². The van der Waals surface area contributed by atoms with Crippen LogP contribution in [-0.4, -0.2) is 82.7 Å². The predicted octanol–water partition coefficient (Wildman–Crippen LogP) is 4.55. The van der Waals surface area contributed by atoms with E-state index in [0.717, 1.165) is 42.7 Å².